The Morgan fingerprint density at radius 2 is 1.96 bits per heavy atom. The molecule has 2 aliphatic heterocycles. The first-order valence-electron chi connectivity index (χ1n) is 8.82. The number of hydrogen-bond donors (Lipinski definition) is 0. The third-order valence-electron chi connectivity index (χ3n) is 5.23. The van der Waals surface area contributed by atoms with Gasteiger partial charge in [0.25, 0.3) is 5.91 Å². The lowest BCUT2D eigenvalue weighted by Gasteiger charge is -2.46. The Morgan fingerprint density at radius 1 is 1.20 bits per heavy atom. The summed E-state index contributed by atoms with van der Waals surface area (Å²) in [5.74, 6) is 0.0488. The van der Waals surface area contributed by atoms with Gasteiger partial charge in [-0.15, -0.1) is 0 Å². The molecule has 1 aromatic carbocycles. The molecule has 25 heavy (non-hydrogen) atoms. The number of morpholine rings is 1. The molecule has 1 spiro atoms. The summed E-state index contributed by atoms with van der Waals surface area (Å²) in [6.07, 6.45) is 5.79. The molecule has 2 fully saturated rings. The van der Waals surface area contributed by atoms with Gasteiger partial charge in [-0.25, -0.2) is 4.98 Å². The number of imidazole rings is 1. The fourth-order valence-corrected chi connectivity index (χ4v) is 3.76. The number of anilines is 1. The van der Waals surface area contributed by atoms with E-state index in [1.54, 1.807) is 0 Å². The van der Waals surface area contributed by atoms with Crippen molar-refractivity contribution in [3.05, 3.63) is 48.5 Å². The van der Waals surface area contributed by atoms with Gasteiger partial charge < -0.3 is 14.2 Å². The Hall–Kier alpha value is -2.18. The Labute approximate surface area is 148 Å². The minimum atomic E-state index is -0.218. The number of para-hydroxylation sites is 1. The standard InChI is InChI=1S/C19H24N4O2/c1-21-11-16(20-15-21)12-22-9-7-19(8-10-22)14-23(18(24)13-25-19)17-5-3-2-4-6-17/h2-6,11,15H,7-10,12-14H2,1H3. The minimum Gasteiger partial charge on any atom is -0.363 e. The first-order valence-corrected chi connectivity index (χ1v) is 8.82. The Kier molecular flexibility index (Phi) is 4.31. The maximum Gasteiger partial charge on any atom is 0.253 e. The topological polar surface area (TPSA) is 50.6 Å². The maximum atomic E-state index is 12.3. The number of carbonyl (C=O) groups excluding carboxylic acids is 1. The van der Waals surface area contributed by atoms with Crippen LogP contribution < -0.4 is 4.90 Å². The zero-order valence-corrected chi connectivity index (χ0v) is 14.6. The molecule has 2 aliphatic rings. The predicted octanol–water partition coefficient (Wildman–Crippen LogP) is 1.82. The van der Waals surface area contributed by atoms with Gasteiger partial charge in [-0.1, -0.05) is 18.2 Å². The fourth-order valence-electron chi connectivity index (χ4n) is 3.76. The van der Waals surface area contributed by atoms with Crippen molar-refractivity contribution >= 4 is 11.6 Å². The molecule has 1 aromatic heterocycles. The molecule has 0 N–H and O–H groups in total. The van der Waals surface area contributed by atoms with Gasteiger partial charge in [-0.05, 0) is 25.0 Å². The number of hydrogen-bond acceptors (Lipinski definition) is 4. The van der Waals surface area contributed by atoms with E-state index in [0.29, 0.717) is 6.54 Å². The van der Waals surface area contributed by atoms with Gasteiger partial charge in [-0.2, -0.15) is 0 Å². The van der Waals surface area contributed by atoms with Crippen LogP contribution in [0.15, 0.2) is 42.9 Å². The van der Waals surface area contributed by atoms with E-state index >= 15 is 0 Å². The summed E-state index contributed by atoms with van der Waals surface area (Å²) in [6.45, 7) is 3.63. The van der Waals surface area contributed by atoms with Gasteiger partial charge in [-0.3, -0.25) is 9.69 Å². The van der Waals surface area contributed by atoms with Gasteiger partial charge in [0.15, 0.2) is 0 Å². The van der Waals surface area contributed by atoms with Gasteiger partial charge in [0.1, 0.15) is 6.61 Å². The Bertz CT molecular complexity index is 735. The average Bonchev–Trinajstić information content (AvgIpc) is 3.05. The number of piperidine rings is 1. The van der Waals surface area contributed by atoms with E-state index in [-0.39, 0.29) is 18.1 Å². The van der Waals surface area contributed by atoms with Crippen LogP contribution in [0.4, 0.5) is 5.69 Å². The number of ether oxygens (including phenoxy) is 1. The van der Waals surface area contributed by atoms with E-state index in [2.05, 4.69) is 16.1 Å². The molecule has 0 unspecified atom stereocenters. The molecule has 3 heterocycles. The largest absolute Gasteiger partial charge is 0.363 e. The molecule has 1 amide bonds. The van der Waals surface area contributed by atoms with Crippen LogP contribution in [0.2, 0.25) is 0 Å². The van der Waals surface area contributed by atoms with Crippen LogP contribution in [-0.2, 0) is 23.1 Å². The molecule has 0 bridgehead atoms. The molecule has 2 aromatic rings. The summed E-state index contributed by atoms with van der Waals surface area (Å²) >= 11 is 0. The van der Waals surface area contributed by atoms with Gasteiger partial charge >= 0.3 is 0 Å². The number of nitrogens with zero attached hydrogens (tertiary/aromatic N) is 4. The van der Waals surface area contributed by atoms with E-state index in [9.17, 15) is 4.79 Å². The fraction of sp³-hybridized carbons (Fsp3) is 0.474. The molecule has 6 heteroatoms. The Morgan fingerprint density at radius 3 is 2.64 bits per heavy atom. The zero-order valence-electron chi connectivity index (χ0n) is 14.6. The summed E-state index contributed by atoms with van der Waals surface area (Å²) in [4.78, 5) is 21.0. The van der Waals surface area contributed by atoms with Crippen LogP contribution in [0.5, 0.6) is 0 Å². The number of rotatable bonds is 3. The van der Waals surface area contributed by atoms with Crippen molar-refractivity contribution in [2.75, 3.05) is 31.1 Å². The summed E-state index contributed by atoms with van der Waals surface area (Å²) in [7, 11) is 1.99. The molecule has 2 saturated heterocycles. The highest BCUT2D eigenvalue weighted by molar-refractivity contribution is 5.95. The van der Waals surface area contributed by atoms with E-state index in [1.165, 1.54) is 0 Å². The van der Waals surface area contributed by atoms with Crippen molar-refractivity contribution < 1.29 is 9.53 Å². The van der Waals surface area contributed by atoms with Crippen LogP contribution in [-0.4, -0.2) is 52.2 Å². The summed E-state index contributed by atoms with van der Waals surface area (Å²) in [6, 6.07) is 9.90. The first-order chi connectivity index (χ1) is 12.1. The third kappa shape index (κ3) is 3.45. The molecular formula is C19H24N4O2. The molecule has 132 valence electrons. The lowest BCUT2D eigenvalue weighted by atomic mass is 9.89. The molecule has 0 radical (unpaired) electrons. The van der Waals surface area contributed by atoms with Crippen LogP contribution in [0.1, 0.15) is 18.5 Å². The zero-order chi connectivity index (χ0) is 17.3. The van der Waals surface area contributed by atoms with Crippen LogP contribution in [0.3, 0.4) is 0 Å². The SMILES string of the molecule is Cn1cnc(CN2CCC3(CC2)CN(c2ccccc2)C(=O)CO3)c1. The van der Waals surface area contributed by atoms with Crippen molar-refractivity contribution in [3.8, 4) is 0 Å². The number of amides is 1. The van der Waals surface area contributed by atoms with Crippen LogP contribution >= 0.6 is 0 Å². The number of likely N-dealkylation sites (tertiary alicyclic amines) is 1. The van der Waals surface area contributed by atoms with E-state index in [0.717, 1.165) is 43.9 Å². The normalized spacial score (nSPS) is 21.0. The summed E-state index contributed by atoms with van der Waals surface area (Å²) < 4.78 is 8.02. The van der Waals surface area contributed by atoms with Crippen molar-refractivity contribution in [1.29, 1.82) is 0 Å². The highest BCUT2D eigenvalue weighted by atomic mass is 16.5. The lowest BCUT2D eigenvalue weighted by molar-refractivity contribution is -0.145. The second kappa shape index (κ2) is 6.61. The minimum absolute atomic E-state index is 0.0488. The first kappa shape index (κ1) is 16.3. The Balaban J connectivity index is 1.41. The number of carbonyl (C=O) groups is 1. The van der Waals surface area contributed by atoms with Crippen molar-refractivity contribution in [3.63, 3.8) is 0 Å². The third-order valence-corrected chi connectivity index (χ3v) is 5.23. The van der Waals surface area contributed by atoms with E-state index in [4.69, 9.17) is 4.74 Å². The number of aromatic nitrogens is 2. The van der Waals surface area contributed by atoms with Crippen molar-refractivity contribution in [1.82, 2.24) is 14.5 Å². The lowest BCUT2D eigenvalue weighted by Crippen LogP contribution is -2.58. The highest BCUT2D eigenvalue weighted by Crippen LogP contribution is 2.33. The molecule has 0 aliphatic carbocycles. The van der Waals surface area contributed by atoms with Crippen molar-refractivity contribution in [2.45, 2.75) is 25.0 Å². The number of benzene rings is 1. The second-order valence-corrected chi connectivity index (χ2v) is 7.09. The second-order valence-electron chi connectivity index (χ2n) is 7.09. The average molecular weight is 340 g/mol. The molecule has 6 nitrogen and oxygen atoms in total. The number of aryl methyl sites for hydroxylation is 1. The van der Waals surface area contributed by atoms with Crippen LogP contribution in [0.25, 0.3) is 0 Å². The molecule has 0 saturated carbocycles. The maximum absolute atomic E-state index is 12.3. The van der Waals surface area contributed by atoms with E-state index < -0.39 is 0 Å². The van der Waals surface area contributed by atoms with Gasteiger partial charge in [0.05, 0.1) is 24.2 Å². The molecule has 0 atom stereocenters. The monoisotopic (exact) mass is 340 g/mol. The molecule has 4 rings (SSSR count). The van der Waals surface area contributed by atoms with Gasteiger partial charge in [0.2, 0.25) is 0 Å². The highest BCUT2D eigenvalue weighted by Gasteiger charge is 2.42. The summed E-state index contributed by atoms with van der Waals surface area (Å²) in [5.41, 5.74) is 1.85. The van der Waals surface area contributed by atoms with Gasteiger partial charge in [0, 0.05) is 38.6 Å². The molecular weight excluding hydrogens is 316 g/mol. The van der Waals surface area contributed by atoms with E-state index in [1.807, 2.05) is 53.2 Å². The summed E-state index contributed by atoms with van der Waals surface area (Å²) in [5, 5.41) is 0. The van der Waals surface area contributed by atoms with Crippen LogP contribution in [0, 0.1) is 0 Å². The predicted molar refractivity (Wildman–Crippen MR) is 95.2 cm³/mol. The quantitative estimate of drug-likeness (QED) is 0.855. The smallest absolute Gasteiger partial charge is 0.253 e. The van der Waals surface area contributed by atoms with Crippen molar-refractivity contribution in [2.24, 2.45) is 7.05 Å².